The third-order valence-corrected chi connectivity index (χ3v) is 2.02. The van der Waals surface area contributed by atoms with Gasteiger partial charge in [-0.15, -0.1) is 0 Å². The monoisotopic (exact) mass is 231 g/mol. The van der Waals surface area contributed by atoms with Crippen LogP contribution in [0.3, 0.4) is 0 Å². The van der Waals surface area contributed by atoms with Crippen molar-refractivity contribution in [2.75, 3.05) is 20.2 Å². The first-order valence-corrected chi connectivity index (χ1v) is 5.23. The van der Waals surface area contributed by atoms with E-state index >= 15 is 0 Å². The molecule has 0 bridgehead atoms. The summed E-state index contributed by atoms with van der Waals surface area (Å²) >= 11 is 0. The Balaban J connectivity index is 4.05. The zero-order valence-corrected chi connectivity index (χ0v) is 10.3. The van der Waals surface area contributed by atoms with Gasteiger partial charge in [-0.05, 0) is 5.92 Å². The predicted octanol–water partition coefficient (Wildman–Crippen LogP) is 1.09. The molecular weight excluding hydrogens is 210 g/mol. The van der Waals surface area contributed by atoms with Gasteiger partial charge in [0.25, 0.3) is 0 Å². The molecule has 0 aliphatic rings. The highest BCUT2D eigenvalue weighted by molar-refractivity contribution is 5.82. The Labute approximate surface area is 96.0 Å². The van der Waals surface area contributed by atoms with Crippen LogP contribution < -0.4 is 5.73 Å². The van der Waals surface area contributed by atoms with Gasteiger partial charge in [-0.2, -0.15) is 0 Å². The Kier molecular flexibility index (Phi) is 6.29. The average molecular weight is 231 g/mol. The van der Waals surface area contributed by atoms with Crippen LogP contribution in [0.2, 0.25) is 0 Å². The molecule has 0 saturated heterocycles. The Morgan fingerprint density at radius 1 is 1.50 bits per heavy atom. The molecule has 0 aromatic heterocycles. The minimum absolute atomic E-state index is 0.100. The third-order valence-electron chi connectivity index (χ3n) is 2.02. The van der Waals surface area contributed by atoms with Gasteiger partial charge in [0.05, 0.1) is 6.61 Å². The summed E-state index contributed by atoms with van der Waals surface area (Å²) in [4.78, 5) is 12.9. The Hall–Kier alpha value is -1.46. The van der Waals surface area contributed by atoms with Gasteiger partial charge < -0.3 is 20.6 Å². The number of hydrogen-bond acceptors (Lipinski definition) is 4. The highest BCUT2D eigenvalue weighted by Gasteiger charge is 2.16. The quantitative estimate of drug-likeness (QED) is 0.321. The van der Waals surface area contributed by atoms with E-state index in [4.69, 9.17) is 15.7 Å². The SMILES string of the molecule is CC(C)COC(=O)N(C)CC(C)C(N)=NO. The lowest BCUT2D eigenvalue weighted by atomic mass is 10.1. The van der Waals surface area contributed by atoms with E-state index in [1.807, 2.05) is 13.8 Å². The van der Waals surface area contributed by atoms with Gasteiger partial charge >= 0.3 is 6.09 Å². The number of amides is 1. The summed E-state index contributed by atoms with van der Waals surface area (Å²) in [7, 11) is 1.61. The zero-order chi connectivity index (χ0) is 12.7. The summed E-state index contributed by atoms with van der Waals surface area (Å²) in [6.45, 7) is 6.44. The highest BCUT2D eigenvalue weighted by atomic mass is 16.6. The molecule has 0 aliphatic heterocycles. The third kappa shape index (κ3) is 5.43. The molecule has 3 N–H and O–H groups in total. The minimum atomic E-state index is -0.397. The molecule has 0 aliphatic carbocycles. The molecule has 94 valence electrons. The standard InChI is InChI=1S/C10H21N3O3/c1-7(2)6-16-10(14)13(4)5-8(3)9(11)12-15/h7-8,15H,5-6H2,1-4H3,(H2,11,12). The number of carbonyl (C=O) groups is 1. The fraction of sp³-hybridized carbons (Fsp3) is 0.800. The van der Waals surface area contributed by atoms with Crippen LogP contribution in [0.1, 0.15) is 20.8 Å². The second-order valence-corrected chi connectivity index (χ2v) is 4.28. The Morgan fingerprint density at radius 2 is 2.06 bits per heavy atom. The van der Waals surface area contributed by atoms with Crippen molar-refractivity contribution in [3.8, 4) is 0 Å². The maximum Gasteiger partial charge on any atom is 0.409 e. The number of nitrogens with zero attached hydrogens (tertiary/aromatic N) is 2. The van der Waals surface area contributed by atoms with Gasteiger partial charge in [-0.1, -0.05) is 25.9 Å². The lowest BCUT2D eigenvalue weighted by molar-refractivity contribution is 0.0981. The molecule has 1 unspecified atom stereocenters. The van der Waals surface area contributed by atoms with Crippen LogP contribution in [0, 0.1) is 11.8 Å². The largest absolute Gasteiger partial charge is 0.449 e. The van der Waals surface area contributed by atoms with Crippen molar-refractivity contribution in [1.82, 2.24) is 4.90 Å². The number of ether oxygens (including phenoxy) is 1. The van der Waals surface area contributed by atoms with Gasteiger partial charge in [0.15, 0.2) is 0 Å². The number of carbonyl (C=O) groups excluding carboxylic acids is 1. The van der Waals surface area contributed by atoms with Crippen molar-refractivity contribution >= 4 is 11.9 Å². The fourth-order valence-corrected chi connectivity index (χ4v) is 1.03. The van der Waals surface area contributed by atoms with E-state index in [-0.39, 0.29) is 11.8 Å². The van der Waals surface area contributed by atoms with Gasteiger partial charge in [-0.3, -0.25) is 0 Å². The van der Waals surface area contributed by atoms with Crippen LogP contribution in [-0.4, -0.2) is 42.2 Å². The summed E-state index contributed by atoms with van der Waals surface area (Å²) in [6, 6.07) is 0. The van der Waals surface area contributed by atoms with Gasteiger partial charge in [0.2, 0.25) is 0 Å². The first-order chi connectivity index (χ1) is 7.38. The molecule has 0 aromatic rings. The van der Waals surface area contributed by atoms with Crippen LogP contribution in [0.25, 0.3) is 0 Å². The van der Waals surface area contributed by atoms with E-state index < -0.39 is 6.09 Å². The maximum absolute atomic E-state index is 11.5. The molecule has 0 fully saturated rings. The highest BCUT2D eigenvalue weighted by Crippen LogP contribution is 2.02. The molecule has 0 heterocycles. The summed E-state index contributed by atoms with van der Waals surface area (Å²) in [5, 5.41) is 11.4. The predicted molar refractivity (Wildman–Crippen MR) is 61.4 cm³/mol. The lowest BCUT2D eigenvalue weighted by Gasteiger charge is -2.20. The number of amidine groups is 1. The maximum atomic E-state index is 11.5. The van der Waals surface area contributed by atoms with Crippen LogP contribution in [-0.2, 0) is 4.74 Å². The molecule has 6 nitrogen and oxygen atoms in total. The van der Waals surface area contributed by atoms with Crippen LogP contribution in [0.4, 0.5) is 4.79 Å². The van der Waals surface area contributed by atoms with Gasteiger partial charge in [-0.25, -0.2) is 4.79 Å². The van der Waals surface area contributed by atoms with Crippen molar-refractivity contribution in [3.05, 3.63) is 0 Å². The summed E-state index contributed by atoms with van der Waals surface area (Å²) in [6.07, 6.45) is -0.397. The molecule has 6 heteroatoms. The van der Waals surface area contributed by atoms with Crippen molar-refractivity contribution in [3.63, 3.8) is 0 Å². The Bertz CT molecular complexity index is 254. The Morgan fingerprint density at radius 3 is 2.50 bits per heavy atom. The lowest BCUT2D eigenvalue weighted by Crippen LogP contribution is -2.37. The molecule has 0 rings (SSSR count). The van der Waals surface area contributed by atoms with E-state index in [2.05, 4.69) is 5.16 Å². The van der Waals surface area contributed by atoms with Crippen LogP contribution in [0.15, 0.2) is 5.16 Å². The molecule has 0 aromatic carbocycles. The number of nitrogens with two attached hydrogens (primary N) is 1. The van der Waals surface area contributed by atoms with Crippen LogP contribution in [0.5, 0.6) is 0 Å². The van der Waals surface area contributed by atoms with Gasteiger partial charge in [0.1, 0.15) is 5.84 Å². The number of hydrogen-bond donors (Lipinski definition) is 2. The molecular formula is C10H21N3O3. The van der Waals surface area contributed by atoms with E-state index in [0.717, 1.165) is 0 Å². The van der Waals surface area contributed by atoms with Crippen molar-refractivity contribution in [1.29, 1.82) is 0 Å². The molecule has 0 radical (unpaired) electrons. The minimum Gasteiger partial charge on any atom is -0.449 e. The molecule has 1 amide bonds. The summed E-state index contributed by atoms with van der Waals surface area (Å²) in [5.74, 6) is 0.198. The van der Waals surface area contributed by atoms with E-state index in [1.165, 1.54) is 4.90 Å². The zero-order valence-electron chi connectivity index (χ0n) is 10.3. The summed E-state index contributed by atoms with van der Waals surface area (Å²) in [5.41, 5.74) is 5.41. The smallest absolute Gasteiger partial charge is 0.409 e. The topological polar surface area (TPSA) is 88.2 Å². The van der Waals surface area contributed by atoms with Crippen molar-refractivity contribution in [2.24, 2.45) is 22.7 Å². The first kappa shape index (κ1) is 14.5. The first-order valence-electron chi connectivity index (χ1n) is 5.23. The summed E-state index contributed by atoms with van der Waals surface area (Å²) < 4.78 is 5.02. The second kappa shape index (κ2) is 6.92. The van der Waals surface area contributed by atoms with E-state index in [1.54, 1.807) is 14.0 Å². The van der Waals surface area contributed by atoms with E-state index in [0.29, 0.717) is 19.1 Å². The number of oxime groups is 1. The number of rotatable bonds is 5. The van der Waals surface area contributed by atoms with Crippen molar-refractivity contribution in [2.45, 2.75) is 20.8 Å². The fourth-order valence-electron chi connectivity index (χ4n) is 1.03. The van der Waals surface area contributed by atoms with E-state index in [9.17, 15) is 4.79 Å². The molecule has 1 atom stereocenters. The van der Waals surface area contributed by atoms with Crippen molar-refractivity contribution < 1.29 is 14.7 Å². The molecule has 0 saturated carbocycles. The molecule has 0 spiro atoms. The second-order valence-electron chi connectivity index (χ2n) is 4.28. The van der Waals surface area contributed by atoms with Gasteiger partial charge in [0, 0.05) is 19.5 Å². The molecule has 16 heavy (non-hydrogen) atoms. The van der Waals surface area contributed by atoms with Crippen LogP contribution >= 0.6 is 0 Å². The normalized spacial score (nSPS) is 13.7. The average Bonchev–Trinajstić information content (AvgIpc) is 2.24.